The van der Waals surface area contributed by atoms with Gasteiger partial charge in [-0.05, 0) is 24.8 Å². The van der Waals surface area contributed by atoms with E-state index in [1.54, 1.807) is 11.3 Å². The van der Waals surface area contributed by atoms with E-state index < -0.39 is 0 Å². The van der Waals surface area contributed by atoms with Crippen LogP contribution in [0.5, 0.6) is 0 Å². The molecular formula is C14H21N5S. The van der Waals surface area contributed by atoms with Crippen molar-refractivity contribution in [3.63, 3.8) is 0 Å². The summed E-state index contributed by atoms with van der Waals surface area (Å²) < 4.78 is 0. The van der Waals surface area contributed by atoms with Gasteiger partial charge < -0.3 is 10.3 Å². The van der Waals surface area contributed by atoms with Gasteiger partial charge in [0, 0.05) is 24.4 Å². The van der Waals surface area contributed by atoms with Crippen LogP contribution < -0.4 is 16.2 Å². The molecule has 2 heterocycles. The van der Waals surface area contributed by atoms with Crippen molar-refractivity contribution in [2.75, 3.05) is 17.4 Å². The smallest absolute Gasteiger partial charge is 0.145 e. The lowest BCUT2D eigenvalue weighted by Gasteiger charge is -2.25. The van der Waals surface area contributed by atoms with Crippen LogP contribution in [0.3, 0.4) is 0 Å². The van der Waals surface area contributed by atoms with Crippen molar-refractivity contribution >= 4 is 23.0 Å². The predicted octanol–water partition coefficient (Wildman–Crippen LogP) is 2.97. The summed E-state index contributed by atoms with van der Waals surface area (Å²) in [5.74, 6) is 7.86. The van der Waals surface area contributed by atoms with E-state index in [4.69, 9.17) is 5.84 Å². The number of rotatable bonds is 6. The van der Waals surface area contributed by atoms with Gasteiger partial charge in [-0.2, -0.15) is 0 Å². The summed E-state index contributed by atoms with van der Waals surface area (Å²) in [5.41, 5.74) is 2.62. The molecule has 0 aliphatic rings. The van der Waals surface area contributed by atoms with Gasteiger partial charge in [-0.15, -0.1) is 11.3 Å². The number of anilines is 2. The maximum absolute atomic E-state index is 5.50. The highest BCUT2D eigenvalue weighted by Crippen LogP contribution is 2.28. The van der Waals surface area contributed by atoms with Gasteiger partial charge >= 0.3 is 0 Å². The number of nitrogens with two attached hydrogens (primary N) is 1. The van der Waals surface area contributed by atoms with Gasteiger partial charge in [-0.1, -0.05) is 13.0 Å². The van der Waals surface area contributed by atoms with Crippen LogP contribution in [-0.4, -0.2) is 17.0 Å². The molecule has 0 amide bonds. The third-order valence-corrected chi connectivity index (χ3v) is 4.32. The van der Waals surface area contributed by atoms with Gasteiger partial charge in [-0.25, -0.2) is 15.8 Å². The monoisotopic (exact) mass is 291 g/mol. The summed E-state index contributed by atoms with van der Waals surface area (Å²) in [6.45, 7) is 4.28. The fourth-order valence-electron chi connectivity index (χ4n) is 1.99. The van der Waals surface area contributed by atoms with E-state index in [-0.39, 0.29) is 6.04 Å². The molecule has 2 rings (SSSR count). The maximum Gasteiger partial charge on any atom is 0.145 e. The average molecular weight is 291 g/mol. The highest BCUT2D eigenvalue weighted by atomic mass is 32.1. The first-order valence-corrected chi connectivity index (χ1v) is 7.64. The van der Waals surface area contributed by atoms with Crippen LogP contribution in [0, 0.1) is 0 Å². The standard InChI is InChI=1S/C14H21N5S/c1-4-6-12-16-13(18-15)9-14(17-12)19(3)10(2)11-7-5-8-20-11/h5,7-10H,4,6,15H2,1-3H3,(H,16,17,18). The fraction of sp³-hybridized carbons (Fsp3) is 0.429. The zero-order chi connectivity index (χ0) is 14.5. The number of nitrogen functional groups attached to an aromatic ring is 1. The first-order chi connectivity index (χ1) is 9.65. The van der Waals surface area contributed by atoms with Crippen molar-refractivity contribution in [3.05, 3.63) is 34.3 Å². The van der Waals surface area contributed by atoms with Crippen molar-refractivity contribution in [2.24, 2.45) is 5.84 Å². The molecule has 108 valence electrons. The Morgan fingerprint density at radius 3 is 2.85 bits per heavy atom. The molecule has 0 radical (unpaired) electrons. The molecule has 1 unspecified atom stereocenters. The summed E-state index contributed by atoms with van der Waals surface area (Å²) in [7, 11) is 2.04. The predicted molar refractivity (Wildman–Crippen MR) is 85.0 cm³/mol. The third kappa shape index (κ3) is 3.26. The summed E-state index contributed by atoms with van der Waals surface area (Å²) in [5, 5.41) is 2.09. The number of aromatic nitrogens is 2. The Kier molecular flexibility index (Phi) is 4.92. The summed E-state index contributed by atoms with van der Waals surface area (Å²) in [6, 6.07) is 6.36. The fourth-order valence-corrected chi connectivity index (χ4v) is 2.82. The minimum Gasteiger partial charge on any atom is -0.352 e. The van der Waals surface area contributed by atoms with Gasteiger partial charge in [0.2, 0.25) is 0 Å². The minimum absolute atomic E-state index is 0.269. The number of hydrogen-bond donors (Lipinski definition) is 2. The molecule has 0 aliphatic heterocycles. The Labute approximate surface area is 123 Å². The molecule has 20 heavy (non-hydrogen) atoms. The number of thiophene rings is 1. The molecule has 5 nitrogen and oxygen atoms in total. The summed E-state index contributed by atoms with van der Waals surface area (Å²) in [6.07, 6.45) is 1.86. The largest absolute Gasteiger partial charge is 0.352 e. The molecule has 3 N–H and O–H groups in total. The van der Waals surface area contributed by atoms with Crippen LogP contribution in [0.2, 0.25) is 0 Å². The lowest BCUT2D eigenvalue weighted by atomic mass is 10.2. The second-order valence-electron chi connectivity index (χ2n) is 4.72. The lowest BCUT2D eigenvalue weighted by molar-refractivity contribution is 0.730. The van der Waals surface area contributed by atoms with Crippen LogP contribution in [0.25, 0.3) is 0 Å². The van der Waals surface area contributed by atoms with E-state index in [2.05, 4.69) is 51.7 Å². The van der Waals surface area contributed by atoms with E-state index >= 15 is 0 Å². The van der Waals surface area contributed by atoms with E-state index in [0.717, 1.165) is 24.5 Å². The molecule has 0 aromatic carbocycles. The van der Waals surface area contributed by atoms with E-state index in [1.807, 2.05) is 13.1 Å². The molecule has 2 aromatic heterocycles. The maximum atomic E-state index is 5.50. The normalized spacial score (nSPS) is 12.2. The minimum atomic E-state index is 0.269. The van der Waals surface area contributed by atoms with Gasteiger partial charge in [0.25, 0.3) is 0 Å². The zero-order valence-corrected chi connectivity index (χ0v) is 12.9. The molecule has 0 saturated heterocycles. The SMILES string of the molecule is CCCc1nc(NN)cc(N(C)C(C)c2cccs2)n1. The van der Waals surface area contributed by atoms with E-state index in [1.165, 1.54) is 4.88 Å². The van der Waals surface area contributed by atoms with E-state index in [0.29, 0.717) is 5.82 Å². The molecule has 0 aliphatic carbocycles. The molecule has 0 saturated carbocycles. The first kappa shape index (κ1) is 14.7. The van der Waals surface area contributed by atoms with Crippen molar-refractivity contribution in [1.82, 2.24) is 9.97 Å². The number of hydrazine groups is 1. The number of nitrogens with one attached hydrogen (secondary N) is 1. The highest BCUT2D eigenvalue weighted by molar-refractivity contribution is 7.10. The molecule has 2 aromatic rings. The first-order valence-electron chi connectivity index (χ1n) is 6.76. The molecule has 0 fully saturated rings. The summed E-state index contributed by atoms with van der Waals surface area (Å²) in [4.78, 5) is 12.5. The van der Waals surface area contributed by atoms with Crippen LogP contribution in [0.1, 0.15) is 37.0 Å². The number of hydrogen-bond acceptors (Lipinski definition) is 6. The van der Waals surface area contributed by atoms with Gasteiger partial charge in [0.15, 0.2) is 0 Å². The van der Waals surface area contributed by atoms with Gasteiger partial charge in [0.1, 0.15) is 17.5 Å². The molecule has 0 spiro atoms. The van der Waals surface area contributed by atoms with Crippen molar-refractivity contribution in [2.45, 2.75) is 32.7 Å². The second kappa shape index (κ2) is 6.67. The Bertz CT molecular complexity index is 541. The Morgan fingerprint density at radius 1 is 1.45 bits per heavy atom. The molecule has 6 heteroatoms. The van der Waals surface area contributed by atoms with Crippen LogP contribution >= 0.6 is 11.3 Å². The Balaban J connectivity index is 2.28. The second-order valence-corrected chi connectivity index (χ2v) is 5.70. The van der Waals surface area contributed by atoms with Crippen LogP contribution in [0.15, 0.2) is 23.6 Å². The van der Waals surface area contributed by atoms with Crippen molar-refractivity contribution in [1.29, 1.82) is 0 Å². The third-order valence-electron chi connectivity index (χ3n) is 3.28. The molecular weight excluding hydrogens is 270 g/mol. The quantitative estimate of drug-likeness (QED) is 0.632. The van der Waals surface area contributed by atoms with Crippen molar-refractivity contribution < 1.29 is 0 Å². The molecule has 1 atom stereocenters. The van der Waals surface area contributed by atoms with Gasteiger partial charge in [0.05, 0.1) is 6.04 Å². The Morgan fingerprint density at radius 2 is 2.25 bits per heavy atom. The average Bonchev–Trinajstić information content (AvgIpc) is 2.99. The van der Waals surface area contributed by atoms with Crippen LogP contribution in [-0.2, 0) is 6.42 Å². The topological polar surface area (TPSA) is 67.1 Å². The summed E-state index contributed by atoms with van der Waals surface area (Å²) >= 11 is 1.75. The zero-order valence-electron chi connectivity index (χ0n) is 12.1. The Hall–Kier alpha value is -1.66. The van der Waals surface area contributed by atoms with E-state index in [9.17, 15) is 0 Å². The molecule has 0 bridgehead atoms. The van der Waals surface area contributed by atoms with Crippen LogP contribution in [0.4, 0.5) is 11.6 Å². The number of aryl methyl sites for hydroxylation is 1. The highest BCUT2D eigenvalue weighted by Gasteiger charge is 2.16. The number of nitrogens with zero attached hydrogens (tertiary/aromatic N) is 3. The lowest BCUT2D eigenvalue weighted by Crippen LogP contribution is -2.23. The van der Waals surface area contributed by atoms with Gasteiger partial charge in [-0.3, -0.25) is 0 Å². The van der Waals surface area contributed by atoms with Crippen molar-refractivity contribution in [3.8, 4) is 0 Å².